The van der Waals surface area contributed by atoms with Gasteiger partial charge in [0.05, 0.1) is 35.5 Å². The fraction of sp³-hybridized carbons (Fsp3) is 0.333. The van der Waals surface area contributed by atoms with Crippen molar-refractivity contribution in [2.45, 2.75) is 12.6 Å². The van der Waals surface area contributed by atoms with E-state index >= 15 is 0 Å². The molecule has 0 spiro atoms. The minimum atomic E-state index is -4.43. The zero-order valence-electron chi connectivity index (χ0n) is 18.9. The number of carbonyl (C=O) groups is 1. The highest BCUT2D eigenvalue weighted by molar-refractivity contribution is 6.33. The number of hydrogen-bond donors (Lipinski definition) is 0. The molecule has 1 aromatic carbocycles. The smallest absolute Gasteiger partial charge is 0.384 e. The maximum absolute atomic E-state index is 13.0. The van der Waals surface area contributed by atoms with Gasteiger partial charge in [-0.1, -0.05) is 23.7 Å². The van der Waals surface area contributed by atoms with E-state index in [2.05, 4.69) is 9.97 Å². The number of carbonyl (C=O) groups excluding carboxylic acids is 1. The van der Waals surface area contributed by atoms with Crippen LogP contribution in [0.3, 0.4) is 0 Å². The van der Waals surface area contributed by atoms with Gasteiger partial charge >= 0.3 is 6.18 Å². The van der Waals surface area contributed by atoms with Crippen molar-refractivity contribution < 1.29 is 22.7 Å². The summed E-state index contributed by atoms with van der Waals surface area (Å²) in [5, 5.41) is 0.348. The molecule has 0 radical (unpaired) electrons. The Hall–Kier alpha value is -3.24. The fourth-order valence-corrected chi connectivity index (χ4v) is 4.06. The van der Waals surface area contributed by atoms with Crippen LogP contribution in [0.4, 0.5) is 19.0 Å². The van der Waals surface area contributed by atoms with E-state index in [9.17, 15) is 18.0 Å². The zero-order chi connectivity index (χ0) is 25.0. The van der Waals surface area contributed by atoms with Gasteiger partial charge in [0.1, 0.15) is 11.5 Å². The van der Waals surface area contributed by atoms with Gasteiger partial charge in [-0.05, 0) is 18.2 Å². The summed E-state index contributed by atoms with van der Waals surface area (Å²) in [5.41, 5.74) is 1.15. The van der Waals surface area contributed by atoms with Crippen molar-refractivity contribution in [3.05, 3.63) is 59.5 Å². The molecule has 11 heteroatoms. The van der Waals surface area contributed by atoms with Crippen LogP contribution >= 0.6 is 11.6 Å². The number of benzene rings is 1. The summed E-state index contributed by atoms with van der Waals surface area (Å²) >= 11 is 6.39. The monoisotopic (exact) mass is 505 g/mol. The molecule has 35 heavy (non-hydrogen) atoms. The molecule has 7 nitrogen and oxygen atoms in total. The summed E-state index contributed by atoms with van der Waals surface area (Å²) in [7, 11) is 1.56. The van der Waals surface area contributed by atoms with Crippen LogP contribution in [0.25, 0.3) is 22.5 Å². The maximum Gasteiger partial charge on any atom is 0.416 e. The number of anilines is 1. The Bertz CT molecular complexity index is 1180. The van der Waals surface area contributed by atoms with E-state index < -0.39 is 11.7 Å². The number of aromatic nitrogens is 3. The summed E-state index contributed by atoms with van der Waals surface area (Å²) in [5.74, 6) is 0.632. The van der Waals surface area contributed by atoms with E-state index in [1.54, 1.807) is 30.5 Å². The van der Waals surface area contributed by atoms with Crippen LogP contribution in [-0.4, -0.2) is 65.7 Å². The second-order valence-corrected chi connectivity index (χ2v) is 8.37. The van der Waals surface area contributed by atoms with Crippen LogP contribution in [0.1, 0.15) is 12.0 Å². The minimum absolute atomic E-state index is 0.0412. The number of rotatable bonds is 6. The Morgan fingerprint density at radius 1 is 1.06 bits per heavy atom. The lowest BCUT2D eigenvalue weighted by Crippen LogP contribution is -2.49. The molecule has 0 saturated carbocycles. The van der Waals surface area contributed by atoms with Crippen molar-refractivity contribution >= 4 is 23.3 Å². The Morgan fingerprint density at radius 3 is 2.40 bits per heavy atom. The first-order valence-electron chi connectivity index (χ1n) is 10.9. The zero-order valence-corrected chi connectivity index (χ0v) is 19.7. The molecule has 1 fully saturated rings. The number of amides is 1. The number of piperazine rings is 1. The quantitative estimate of drug-likeness (QED) is 0.489. The molecule has 1 amide bonds. The molecular weight excluding hydrogens is 483 g/mol. The molecular formula is C24H23ClF3N5O2. The molecule has 0 atom stereocenters. The van der Waals surface area contributed by atoms with Crippen molar-refractivity contribution in [1.29, 1.82) is 0 Å². The SMILES string of the molecule is COCCC(=O)N1CCN(c2cnc(-c3ccc(C(F)(F)F)cc3)c(-c3ccncc3Cl)n2)CC1. The fourth-order valence-electron chi connectivity index (χ4n) is 3.85. The average molecular weight is 506 g/mol. The molecule has 3 aromatic rings. The topological polar surface area (TPSA) is 71.5 Å². The number of ether oxygens (including phenoxy) is 1. The first-order valence-corrected chi connectivity index (χ1v) is 11.3. The van der Waals surface area contributed by atoms with E-state index in [1.807, 2.05) is 4.90 Å². The van der Waals surface area contributed by atoms with Crippen LogP contribution in [0.2, 0.25) is 5.02 Å². The lowest BCUT2D eigenvalue weighted by molar-refractivity contribution is -0.137. The largest absolute Gasteiger partial charge is 0.416 e. The Morgan fingerprint density at radius 2 is 1.77 bits per heavy atom. The number of halogens is 4. The summed E-state index contributed by atoms with van der Waals surface area (Å²) < 4.78 is 44.1. The Labute approximate surface area is 205 Å². The van der Waals surface area contributed by atoms with Crippen LogP contribution in [0.5, 0.6) is 0 Å². The third kappa shape index (κ3) is 5.71. The van der Waals surface area contributed by atoms with Gasteiger partial charge in [-0.15, -0.1) is 0 Å². The number of alkyl halides is 3. The van der Waals surface area contributed by atoms with Crippen molar-refractivity contribution in [1.82, 2.24) is 19.9 Å². The molecule has 0 N–H and O–H groups in total. The molecule has 1 aliphatic rings. The maximum atomic E-state index is 13.0. The van der Waals surface area contributed by atoms with E-state index in [-0.39, 0.29) is 5.91 Å². The average Bonchev–Trinajstić information content (AvgIpc) is 2.87. The van der Waals surface area contributed by atoms with Crippen molar-refractivity contribution in [2.24, 2.45) is 0 Å². The van der Waals surface area contributed by atoms with Crippen molar-refractivity contribution in [3.8, 4) is 22.5 Å². The lowest BCUT2D eigenvalue weighted by Gasteiger charge is -2.35. The molecule has 0 aliphatic carbocycles. The van der Waals surface area contributed by atoms with Crippen LogP contribution in [0.15, 0.2) is 48.9 Å². The summed E-state index contributed by atoms with van der Waals surface area (Å²) in [4.78, 5) is 29.5. The van der Waals surface area contributed by atoms with Gasteiger partial charge in [-0.2, -0.15) is 13.2 Å². The van der Waals surface area contributed by atoms with Crippen molar-refractivity contribution in [2.75, 3.05) is 44.8 Å². The van der Waals surface area contributed by atoms with Gasteiger partial charge in [-0.25, -0.2) is 4.98 Å². The van der Waals surface area contributed by atoms with Crippen LogP contribution in [-0.2, 0) is 15.7 Å². The molecule has 2 aromatic heterocycles. The van der Waals surface area contributed by atoms with E-state index in [4.69, 9.17) is 21.3 Å². The lowest BCUT2D eigenvalue weighted by atomic mass is 10.0. The third-order valence-electron chi connectivity index (χ3n) is 5.75. The number of methoxy groups -OCH3 is 1. The molecule has 184 valence electrons. The van der Waals surface area contributed by atoms with Crippen LogP contribution in [0, 0.1) is 0 Å². The Kier molecular flexibility index (Phi) is 7.51. The minimum Gasteiger partial charge on any atom is -0.384 e. The van der Waals surface area contributed by atoms with E-state index in [0.717, 1.165) is 12.1 Å². The van der Waals surface area contributed by atoms with Gasteiger partial charge in [0.25, 0.3) is 0 Å². The van der Waals surface area contributed by atoms with Gasteiger partial charge in [0, 0.05) is 56.8 Å². The molecule has 0 unspecified atom stereocenters. The number of nitrogens with zero attached hydrogens (tertiary/aromatic N) is 5. The van der Waals surface area contributed by atoms with Crippen molar-refractivity contribution in [3.63, 3.8) is 0 Å². The summed E-state index contributed by atoms with van der Waals surface area (Å²) in [6.45, 7) is 2.59. The van der Waals surface area contributed by atoms with E-state index in [1.165, 1.54) is 18.3 Å². The van der Waals surface area contributed by atoms with Gasteiger partial charge < -0.3 is 14.5 Å². The second kappa shape index (κ2) is 10.6. The highest BCUT2D eigenvalue weighted by Gasteiger charge is 2.30. The number of hydrogen-bond acceptors (Lipinski definition) is 6. The molecule has 0 bridgehead atoms. The highest BCUT2D eigenvalue weighted by Crippen LogP contribution is 2.36. The summed E-state index contributed by atoms with van der Waals surface area (Å²) in [6, 6.07) is 6.46. The number of pyridine rings is 1. The highest BCUT2D eigenvalue weighted by atomic mass is 35.5. The van der Waals surface area contributed by atoms with Gasteiger partial charge in [0.15, 0.2) is 0 Å². The molecule has 4 rings (SSSR count). The first kappa shape index (κ1) is 24.9. The van der Waals surface area contributed by atoms with E-state index in [0.29, 0.717) is 72.6 Å². The molecule has 3 heterocycles. The van der Waals surface area contributed by atoms with Crippen LogP contribution < -0.4 is 4.90 Å². The van der Waals surface area contributed by atoms with Gasteiger partial charge in [0.2, 0.25) is 5.91 Å². The molecule has 1 saturated heterocycles. The molecule has 1 aliphatic heterocycles. The first-order chi connectivity index (χ1) is 16.8. The van der Waals surface area contributed by atoms with Gasteiger partial charge in [-0.3, -0.25) is 14.8 Å². The summed E-state index contributed by atoms with van der Waals surface area (Å²) in [6.07, 6.45) is 0.540. The normalized spacial score (nSPS) is 14.3. The Balaban J connectivity index is 1.64. The third-order valence-corrected chi connectivity index (χ3v) is 6.05. The predicted octanol–water partition coefficient (Wildman–Crippen LogP) is 4.56. The predicted molar refractivity (Wildman–Crippen MR) is 126 cm³/mol. The standard InChI is InChI=1S/C24H23ClF3N5O2/c1-35-13-7-21(34)33-11-9-32(10-12-33)20-15-30-22(16-2-4-17(5-3-16)24(26,27)28)23(31-20)18-6-8-29-14-19(18)25/h2-6,8,14-15H,7,9-13H2,1H3. The second-order valence-electron chi connectivity index (χ2n) is 7.97.